The summed E-state index contributed by atoms with van der Waals surface area (Å²) in [7, 11) is 1.72. The van der Waals surface area contributed by atoms with Crippen LogP contribution in [0.15, 0.2) is 5.16 Å². The third kappa shape index (κ3) is 2.34. The second-order valence-corrected chi connectivity index (χ2v) is 6.17. The van der Waals surface area contributed by atoms with Gasteiger partial charge in [0.25, 0.3) is 0 Å². The third-order valence-corrected chi connectivity index (χ3v) is 5.01. The van der Waals surface area contributed by atoms with E-state index in [1.807, 2.05) is 4.68 Å². The van der Waals surface area contributed by atoms with Gasteiger partial charge in [-0.1, -0.05) is 11.8 Å². The standard InChI is InChI=1S/C11H17N5O2S/c1-12-11(9(17)18,7-2-3-7)6-19-10-13-14-15-16(10)8-4-5-8/h7-8,12H,2-6H2,1H3,(H,17,18). The van der Waals surface area contributed by atoms with E-state index in [-0.39, 0.29) is 5.92 Å². The van der Waals surface area contributed by atoms with Crippen molar-refractivity contribution >= 4 is 17.7 Å². The lowest BCUT2D eigenvalue weighted by molar-refractivity contribution is -0.144. The fraction of sp³-hybridized carbons (Fsp3) is 0.818. The summed E-state index contributed by atoms with van der Waals surface area (Å²) in [4.78, 5) is 11.6. The van der Waals surface area contributed by atoms with Crippen LogP contribution in [0.2, 0.25) is 0 Å². The molecule has 0 spiro atoms. The third-order valence-electron chi connectivity index (χ3n) is 3.89. The molecule has 1 atom stereocenters. The van der Waals surface area contributed by atoms with Crippen molar-refractivity contribution in [2.45, 2.75) is 42.4 Å². The van der Waals surface area contributed by atoms with Gasteiger partial charge in [0.15, 0.2) is 0 Å². The van der Waals surface area contributed by atoms with Gasteiger partial charge in [-0.2, -0.15) is 0 Å². The molecule has 104 valence electrons. The minimum Gasteiger partial charge on any atom is -0.480 e. The zero-order chi connectivity index (χ0) is 13.5. The lowest BCUT2D eigenvalue weighted by Crippen LogP contribution is -2.54. The zero-order valence-electron chi connectivity index (χ0n) is 10.7. The highest BCUT2D eigenvalue weighted by Crippen LogP contribution is 2.43. The molecule has 3 rings (SSSR count). The summed E-state index contributed by atoms with van der Waals surface area (Å²) in [5.41, 5.74) is -0.856. The summed E-state index contributed by atoms with van der Waals surface area (Å²) in [6.45, 7) is 0. The average Bonchev–Trinajstić information content (AvgIpc) is 3.30. The van der Waals surface area contributed by atoms with Crippen molar-refractivity contribution in [1.29, 1.82) is 0 Å². The van der Waals surface area contributed by atoms with Gasteiger partial charge >= 0.3 is 5.97 Å². The van der Waals surface area contributed by atoms with E-state index in [2.05, 4.69) is 20.8 Å². The van der Waals surface area contributed by atoms with Crippen LogP contribution < -0.4 is 5.32 Å². The van der Waals surface area contributed by atoms with Gasteiger partial charge in [-0.15, -0.1) is 5.10 Å². The zero-order valence-corrected chi connectivity index (χ0v) is 11.6. The van der Waals surface area contributed by atoms with Gasteiger partial charge in [0.1, 0.15) is 5.54 Å². The second-order valence-electron chi connectivity index (χ2n) is 5.23. The van der Waals surface area contributed by atoms with Crippen LogP contribution in [0, 0.1) is 5.92 Å². The second kappa shape index (κ2) is 4.75. The number of likely N-dealkylation sites (N-methyl/N-ethyl adjacent to an activating group) is 1. The molecule has 0 radical (unpaired) electrons. The van der Waals surface area contributed by atoms with Gasteiger partial charge in [-0.25, -0.2) is 4.68 Å². The van der Waals surface area contributed by atoms with E-state index in [1.54, 1.807) is 7.05 Å². The maximum Gasteiger partial charge on any atom is 0.325 e. The van der Waals surface area contributed by atoms with E-state index in [0.29, 0.717) is 11.8 Å². The Kier molecular flexibility index (Phi) is 3.22. The van der Waals surface area contributed by atoms with Crippen LogP contribution >= 0.6 is 11.8 Å². The van der Waals surface area contributed by atoms with Gasteiger partial charge in [0, 0.05) is 5.75 Å². The monoisotopic (exact) mass is 283 g/mol. The minimum atomic E-state index is -0.856. The van der Waals surface area contributed by atoms with Crippen molar-refractivity contribution in [3.05, 3.63) is 0 Å². The molecule has 0 aromatic carbocycles. The Morgan fingerprint density at radius 2 is 2.26 bits per heavy atom. The van der Waals surface area contributed by atoms with Crippen molar-refractivity contribution in [3.8, 4) is 0 Å². The van der Waals surface area contributed by atoms with Crippen LogP contribution in [-0.4, -0.2) is 49.6 Å². The Balaban J connectivity index is 1.72. The number of aromatic nitrogens is 4. The van der Waals surface area contributed by atoms with Crippen LogP contribution in [-0.2, 0) is 4.79 Å². The first-order valence-electron chi connectivity index (χ1n) is 6.50. The van der Waals surface area contributed by atoms with Gasteiger partial charge in [-0.05, 0) is 49.1 Å². The topological polar surface area (TPSA) is 92.9 Å². The first-order valence-corrected chi connectivity index (χ1v) is 7.49. The molecule has 2 fully saturated rings. The van der Waals surface area contributed by atoms with Crippen LogP contribution in [0.25, 0.3) is 0 Å². The Labute approximate surface area is 115 Å². The number of hydrogen-bond donors (Lipinski definition) is 2. The minimum absolute atomic E-state index is 0.216. The summed E-state index contributed by atoms with van der Waals surface area (Å²) in [5.74, 6) is -0.112. The summed E-state index contributed by atoms with van der Waals surface area (Å²) in [5, 5.41) is 24.9. The number of thioether (sulfide) groups is 1. The SMILES string of the molecule is CNC(CSc1nnnn1C1CC1)(C(=O)O)C1CC1. The van der Waals surface area contributed by atoms with E-state index >= 15 is 0 Å². The van der Waals surface area contributed by atoms with Gasteiger partial charge < -0.3 is 10.4 Å². The molecule has 0 amide bonds. The Bertz CT molecular complexity index is 485. The van der Waals surface area contributed by atoms with Crippen molar-refractivity contribution in [1.82, 2.24) is 25.5 Å². The van der Waals surface area contributed by atoms with Gasteiger partial charge in [-0.3, -0.25) is 4.79 Å². The van der Waals surface area contributed by atoms with Crippen molar-refractivity contribution < 1.29 is 9.90 Å². The number of carboxylic acids is 1. The maximum absolute atomic E-state index is 11.6. The van der Waals surface area contributed by atoms with Gasteiger partial charge in [0.2, 0.25) is 5.16 Å². The molecule has 8 heteroatoms. The lowest BCUT2D eigenvalue weighted by atomic mass is 9.96. The van der Waals surface area contributed by atoms with E-state index in [0.717, 1.165) is 30.8 Å². The van der Waals surface area contributed by atoms with Crippen LogP contribution in [0.4, 0.5) is 0 Å². The smallest absolute Gasteiger partial charge is 0.325 e. The van der Waals surface area contributed by atoms with E-state index < -0.39 is 11.5 Å². The molecule has 7 nitrogen and oxygen atoms in total. The first kappa shape index (κ1) is 12.9. The molecule has 1 heterocycles. The normalized spacial score (nSPS) is 22.2. The summed E-state index contributed by atoms with van der Waals surface area (Å²) >= 11 is 1.43. The van der Waals surface area contributed by atoms with Crippen molar-refractivity contribution in [2.24, 2.45) is 5.92 Å². The predicted octanol–water partition coefficient (Wildman–Crippen LogP) is 0.553. The fourth-order valence-electron chi connectivity index (χ4n) is 2.32. The summed E-state index contributed by atoms with van der Waals surface area (Å²) < 4.78 is 1.82. The first-order chi connectivity index (χ1) is 9.17. The Morgan fingerprint density at radius 3 is 2.79 bits per heavy atom. The predicted molar refractivity (Wildman–Crippen MR) is 69.0 cm³/mol. The van der Waals surface area contributed by atoms with Crippen LogP contribution in [0.3, 0.4) is 0 Å². The number of tetrazole rings is 1. The van der Waals surface area contributed by atoms with Gasteiger partial charge in [0.05, 0.1) is 6.04 Å². The highest BCUT2D eigenvalue weighted by atomic mass is 32.2. The Morgan fingerprint density at radius 1 is 1.53 bits per heavy atom. The number of carbonyl (C=O) groups is 1. The molecule has 1 aromatic rings. The number of nitrogens with zero attached hydrogens (tertiary/aromatic N) is 4. The highest BCUT2D eigenvalue weighted by molar-refractivity contribution is 7.99. The summed E-state index contributed by atoms with van der Waals surface area (Å²) in [6.07, 6.45) is 4.16. The molecule has 0 bridgehead atoms. The molecule has 1 aromatic heterocycles. The molecule has 1 unspecified atom stereocenters. The average molecular weight is 283 g/mol. The highest BCUT2D eigenvalue weighted by Gasteiger charge is 2.50. The number of hydrogen-bond acceptors (Lipinski definition) is 6. The number of aliphatic carboxylic acids is 1. The maximum atomic E-state index is 11.6. The molecular formula is C11H17N5O2S. The Hall–Kier alpha value is -1.15. The molecule has 19 heavy (non-hydrogen) atoms. The van der Waals surface area contributed by atoms with Crippen molar-refractivity contribution in [3.63, 3.8) is 0 Å². The number of carboxylic acid groups (broad SMARTS) is 1. The molecule has 0 saturated heterocycles. The van der Waals surface area contributed by atoms with Crippen LogP contribution in [0.5, 0.6) is 0 Å². The lowest BCUT2D eigenvalue weighted by Gasteiger charge is -2.28. The fourth-order valence-corrected chi connectivity index (χ4v) is 3.59. The molecule has 2 aliphatic rings. The molecule has 0 aliphatic heterocycles. The quantitative estimate of drug-likeness (QED) is 0.706. The molecule has 2 aliphatic carbocycles. The number of nitrogens with one attached hydrogen (secondary N) is 1. The molecule has 2 saturated carbocycles. The molecular weight excluding hydrogens is 266 g/mol. The van der Waals surface area contributed by atoms with E-state index in [1.165, 1.54) is 11.8 Å². The van der Waals surface area contributed by atoms with Crippen LogP contribution in [0.1, 0.15) is 31.7 Å². The van der Waals surface area contributed by atoms with E-state index in [4.69, 9.17) is 0 Å². The number of rotatable bonds is 7. The van der Waals surface area contributed by atoms with Crippen molar-refractivity contribution in [2.75, 3.05) is 12.8 Å². The summed E-state index contributed by atoms with van der Waals surface area (Å²) in [6, 6.07) is 0.409. The van der Waals surface area contributed by atoms with E-state index in [9.17, 15) is 9.90 Å². The molecule has 2 N–H and O–H groups in total. The largest absolute Gasteiger partial charge is 0.480 e.